The summed E-state index contributed by atoms with van der Waals surface area (Å²) in [6.45, 7) is 4.19. The Labute approximate surface area is 187 Å². The molecule has 0 fully saturated rings. The van der Waals surface area contributed by atoms with E-state index in [0.29, 0.717) is 12.8 Å². The van der Waals surface area contributed by atoms with Gasteiger partial charge in [0.1, 0.15) is 0 Å². The summed E-state index contributed by atoms with van der Waals surface area (Å²) < 4.78 is 0. The molecule has 0 spiro atoms. The van der Waals surface area contributed by atoms with Crippen LogP contribution in [0.15, 0.2) is 60.7 Å². The van der Waals surface area contributed by atoms with Crippen molar-refractivity contribution in [2.24, 2.45) is 0 Å². The topological polar surface area (TPSA) is 58.2 Å². The number of hydrogen-bond donors (Lipinski definition) is 2. The van der Waals surface area contributed by atoms with Crippen molar-refractivity contribution in [1.82, 2.24) is 10.6 Å². The summed E-state index contributed by atoms with van der Waals surface area (Å²) >= 11 is 0. The SMILES string of the molecule is CCC(NC(=O)CCCCCCCC(=O)NC(CC)c1ccccc1)c1ccccc1. The molecule has 0 bridgehead atoms. The van der Waals surface area contributed by atoms with Crippen molar-refractivity contribution >= 4 is 11.8 Å². The molecule has 2 amide bonds. The minimum absolute atomic E-state index is 0.0926. The van der Waals surface area contributed by atoms with E-state index in [9.17, 15) is 9.59 Å². The van der Waals surface area contributed by atoms with Crippen LogP contribution < -0.4 is 10.6 Å². The van der Waals surface area contributed by atoms with Gasteiger partial charge in [-0.25, -0.2) is 0 Å². The molecule has 31 heavy (non-hydrogen) atoms. The Morgan fingerprint density at radius 2 is 0.968 bits per heavy atom. The minimum atomic E-state index is 0.0926. The van der Waals surface area contributed by atoms with Crippen LogP contribution in [0.4, 0.5) is 0 Å². The molecule has 0 saturated heterocycles. The molecule has 0 aliphatic carbocycles. The Hall–Kier alpha value is -2.62. The van der Waals surface area contributed by atoms with Crippen LogP contribution in [0.2, 0.25) is 0 Å². The predicted molar refractivity (Wildman–Crippen MR) is 128 cm³/mol. The van der Waals surface area contributed by atoms with E-state index in [-0.39, 0.29) is 23.9 Å². The molecule has 0 aromatic heterocycles. The molecule has 0 saturated carbocycles. The molecule has 2 aromatic carbocycles. The zero-order valence-corrected chi connectivity index (χ0v) is 19.1. The summed E-state index contributed by atoms with van der Waals surface area (Å²) in [4.78, 5) is 24.5. The number of carbonyl (C=O) groups excluding carboxylic acids is 2. The smallest absolute Gasteiger partial charge is 0.220 e. The van der Waals surface area contributed by atoms with Gasteiger partial charge in [0.25, 0.3) is 0 Å². The largest absolute Gasteiger partial charge is 0.349 e. The van der Waals surface area contributed by atoms with Gasteiger partial charge in [0.15, 0.2) is 0 Å². The molecule has 0 aliphatic rings. The molecule has 2 aromatic rings. The van der Waals surface area contributed by atoms with Crippen molar-refractivity contribution in [2.75, 3.05) is 0 Å². The third-order valence-corrected chi connectivity index (χ3v) is 5.70. The third-order valence-electron chi connectivity index (χ3n) is 5.70. The summed E-state index contributed by atoms with van der Waals surface area (Å²) in [7, 11) is 0. The van der Waals surface area contributed by atoms with Gasteiger partial charge in [0.2, 0.25) is 11.8 Å². The second-order valence-electron chi connectivity index (χ2n) is 8.15. The highest BCUT2D eigenvalue weighted by Crippen LogP contribution is 2.18. The highest BCUT2D eigenvalue weighted by atomic mass is 16.2. The van der Waals surface area contributed by atoms with E-state index in [2.05, 4.69) is 48.7 Å². The van der Waals surface area contributed by atoms with Crippen molar-refractivity contribution in [2.45, 2.75) is 83.7 Å². The van der Waals surface area contributed by atoms with E-state index < -0.39 is 0 Å². The van der Waals surface area contributed by atoms with Gasteiger partial charge in [-0.15, -0.1) is 0 Å². The van der Waals surface area contributed by atoms with Gasteiger partial charge in [0, 0.05) is 12.8 Å². The zero-order chi connectivity index (χ0) is 22.3. The Morgan fingerprint density at radius 3 is 1.32 bits per heavy atom. The van der Waals surface area contributed by atoms with Crippen LogP contribution >= 0.6 is 0 Å². The van der Waals surface area contributed by atoms with E-state index in [1.807, 2.05) is 36.4 Å². The molecule has 2 N–H and O–H groups in total. The number of benzene rings is 2. The fourth-order valence-corrected chi connectivity index (χ4v) is 3.85. The first-order valence-electron chi connectivity index (χ1n) is 11.8. The second-order valence-corrected chi connectivity index (χ2v) is 8.15. The van der Waals surface area contributed by atoms with E-state index >= 15 is 0 Å². The van der Waals surface area contributed by atoms with E-state index in [0.717, 1.165) is 56.1 Å². The number of nitrogens with one attached hydrogen (secondary N) is 2. The lowest BCUT2D eigenvalue weighted by atomic mass is 10.0. The number of unbranched alkanes of at least 4 members (excludes halogenated alkanes) is 4. The highest BCUT2D eigenvalue weighted by Gasteiger charge is 2.13. The standard InChI is InChI=1S/C27H38N2O2/c1-3-24(22-16-10-8-11-17-22)28-26(30)20-14-6-5-7-15-21-27(31)29-25(4-2)23-18-12-9-13-19-23/h8-13,16-19,24-25H,3-7,14-15,20-21H2,1-2H3,(H,28,30)(H,29,31). The molecule has 2 atom stereocenters. The Kier molecular flexibility index (Phi) is 11.4. The molecule has 4 heteroatoms. The van der Waals surface area contributed by atoms with Crippen LogP contribution in [-0.4, -0.2) is 11.8 Å². The van der Waals surface area contributed by atoms with E-state index in [1.165, 1.54) is 0 Å². The number of amides is 2. The van der Waals surface area contributed by atoms with Gasteiger partial charge in [-0.05, 0) is 36.8 Å². The first kappa shape index (κ1) is 24.6. The number of carbonyl (C=O) groups is 2. The van der Waals surface area contributed by atoms with Crippen molar-refractivity contribution in [3.63, 3.8) is 0 Å². The average Bonchev–Trinajstić information content (AvgIpc) is 2.81. The third kappa shape index (κ3) is 9.37. The summed E-state index contributed by atoms with van der Waals surface area (Å²) in [5.74, 6) is 0.253. The fourth-order valence-electron chi connectivity index (χ4n) is 3.85. The van der Waals surface area contributed by atoms with E-state index in [4.69, 9.17) is 0 Å². The summed E-state index contributed by atoms with van der Waals surface area (Å²) in [5.41, 5.74) is 2.32. The number of hydrogen-bond acceptors (Lipinski definition) is 2. The van der Waals surface area contributed by atoms with Crippen LogP contribution in [-0.2, 0) is 9.59 Å². The van der Waals surface area contributed by atoms with Gasteiger partial charge in [-0.1, -0.05) is 93.8 Å². The summed E-state index contributed by atoms with van der Waals surface area (Å²) in [5, 5.41) is 6.29. The van der Waals surface area contributed by atoms with E-state index in [1.54, 1.807) is 0 Å². The average molecular weight is 423 g/mol. The Morgan fingerprint density at radius 1 is 0.613 bits per heavy atom. The molecule has 0 aliphatic heterocycles. The van der Waals surface area contributed by atoms with Crippen molar-refractivity contribution in [3.05, 3.63) is 71.8 Å². The zero-order valence-electron chi connectivity index (χ0n) is 19.1. The quantitative estimate of drug-likeness (QED) is 0.353. The maximum atomic E-state index is 12.2. The van der Waals surface area contributed by atoms with Crippen molar-refractivity contribution in [1.29, 1.82) is 0 Å². The molecule has 2 rings (SSSR count). The van der Waals surface area contributed by atoms with Gasteiger partial charge in [0.05, 0.1) is 12.1 Å². The predicted octanol–water partition coefficient (Wildman–Crippen LogP) is 6.25. The molecule has 2 unspecified atom stereocenters. The van der Waals surface area contributed by atoms with Gasteiger partial charge in [-0.2, -0.15) is 0 Å². The van der Waals surface area contributed by atoms with Crippen LogP contribution in [0.25, 0.3) is 0 Å². The first-order valence-corrected chi connectivity index (χ1v) is 11.8. The maximum absolute atomic E-state index is 12.2. The molecule has 168 valence electrons. The molecule has 0 heterocycles. The van der Waals surface area contributed by atoms with Crippen LogP contribution in [0.5, 0.6) is 0 Å². The highest BCUT2D eigenvalue weighted by molar-refractivity contribution is 5.76. The lowest BCUT2D eigenvalue weighted by Crippen LogP contribution is -2.27. The molecule has 0 radical (unpaired) electrons. The lowest BCUT2D eigenvalue weighted by molar-refractivity contribution is -0.122. The summed E-state index contributed by atoms with van der Waals surface area (Å²) in [6.07, 6.45) is 7.83. The van der Waals surface area contributed by atoms with Gasteiger partial charge >= 0.3 is 0 Å². The monoisotopic (exact) mass is 422 g/mol. The first-order chi connectivity index (χ1) is 15.1. The second kappa shape index (κ2) is 14.4. The van der Waals surface area contributed by atoms with Gasteiger partial charge < -0.3 is 10.6 Å². The maximum Gasteiger partial charge on any atom is 0.220 e. The van der Waals surface area contributed by atoms with Crippen LogP contribution in [0.1, 0.15) is 94.8 Å². The Balaban J connectivity index is 1.55. The molecule has 4 nitrogen and oxygen atoms in total. The molecular weight excluding hydrogens is 384 g/mol. The molecular formula is C27H38N2O2. The van der Waals surface area contributed by atoms with Crippen molar-refractivity contribution < 1.29 is 9.59 Å². The van der Waals surface area contributed by atoms with Crippen LogP contribution in [0.3, 0.4) is 0 Å². The lowest BCUT2D eigenvalue weighted by Gasteiger charge is -2.17. The fraction of sp³-hybridized carbons (Fsp3) is 0.481. The van der Waals surface area contributed by atoms with Gasteiger partial charge in [-0.3, -0.25) is 9.59 Å². The Bertz CT molecular complexity index is 696. The normalized spacial score (nSPS) is 12.7. The minimum Gasteiger partial charge on any atom is -0.349 e. The summed E-state index contributed by atoms with van der Waals surface area (Å²) in [6, 6.07) is 20.5. The van der Waals surface area contributed by atoms with Crippen LogP contribution in [0, 0.1) is 0 Å². The van der Waals surface area contributed by atoms with Crippen molar-refractivity contribution in [3.8, 4) is 0 Å². The number of rotatable bonds is 14.